The highest BCUT2D eigenvalue weighted by Crippen LogP contribution is 2.28. The molecule has 1 amide bonds. The predicted octanol–water partition coefficient (Wildman–Crippen LogP) is 2.37. The SMILES string of the molecule is CCCCN1CCC(NC(=O)C2Cc3ccccc3O2)CC1. The molecule has 0 aromatic heterocycles. The van der Waals surface area contributed by atoms with Crippen LogP contribution in [0, 0.1) is 0 Å². The third-order valence-corrected chi connectivity index (χ3v) is 4.70. The van der Waals surface area contributed by atoms with Crippen molar-refractivity contribution in [3.63, 3.8) is 0 Å². The van der Waals surface area contributed by atoms with Crippen molar-refractivity contribution in [2.24, 2.45) is 0 Å². The Kier molecular flexibility index (Phi) is 4.98. The minimum Gasteiger partial charge on any atom is -0.480 e. The fourth-order valence-corrected chi connectivity index (χ4v) is 3.31. The summed E-state index contributed by atoms with van der Waals surface area (Å²) in [5.41, 5.74) is 1.14. The van der Waals surface area contributed by atoms with E-state index in [2.05, 4.69) is 17.1 Å². The Morgan fingerprint density at radius 1 is 1.32 bits per heavy atom. The van der Waals surface area contributed by atoms with Gasteiger partial charge in [0.15, 0.2) is 6.10 Å². The summed E-state index contributed by atoms with van der Waals surface area (Å²) in [5, 5.41) is 3.18. The molecule has 1 N–H and O–H groups in total. The maximum Gasteiger partial charge on any atom is 0.261 e. The first kappa shape index (κ1) is 15.3. The number of amides is 1. The maximum absolute atomic E-state index is 12.4. The van der Waals surface area contributed by atoms with Gasteiger partial charge in [-0.3, -0.25) is 4.79 Å². The summed E-state index contributed by atoms with van der Waals surface area (Å²) in [4.78, 5) is 14.9. The Bertz CT molecular complexity index is 485. The second-order valence-electron chi connectivity index (χ2n) is 6.40. The number of hydrogen-bond acceptors (Lipinski definition) is 3. The van der Waals surface area contributed by atoms with Crippen molar-refractivity contribution in [3.8, 4) is 5.75 Å². The zero-order valence-corrected chi connectivity index (χ0v) is 13.4. The number of rotatable bonds is 5. The molecule has 0 radical (unpaired) electrons. The van der Waals surface area contributed by atoms with E-state index in [1.54, 1.807) is 0 Å². The van der Waals surface area contributed by atoms with Crippen LogP contribution in [0.4, 0.5) is 0 Å². The highest BCUT2D eigenvalue weighted by molar-refractivity contribution is 5.82. The fourth-order valence-electron chi connectivity index (χ4n) is 3.31. The Morgan fingerprint density at radius 3 is 2.82 bits per heavy atom. The van der Waals surface area contributed by atoms with E-state index in [-0.39, 0.29) is 12.0 Å². The lowest BCUT2D eigenvalue weighted by Gasteiger charge is -2.32. The molecule has 3 rings (SSSR count). The Balaban J connectivity index is 1.44. The van der Waals surface area contributed by atoms with Crippen molar-refractivity contribution in [1.82, 2.24) is 10.2 Å². The van der Waals surface area contributed by atoms with Gasteiger partial charge in [0.1, 0.15) is 5.75 Å². The maximum atomic E-state index is 12.4. The summed E-state index contributed by atoms with van der Waals surface area (Å²) >= 11 is 0. The molecule has 0 aliphatic carbocycles. The van der Waals surface area contributed by atoms with Crippen molar-refractivity contribution >= 4 is 5.91 Å². The van der Waals surface area contributed by atoms with Crippen LogP contribution in [-0.4, -0.2) is 42.6 Å². The monoisotopic (exact) mass is 302 g/mol. The quantitative estimate of drug-likeness (QED) is 0.908. The van der Waals surface area contributed by atoms with Crippen molar-refractivity contribution in [2.75, 3.05) is 19.6 Å². The molecule has 0 spiro atoms. The number of para-hydroxylation sites is 1. The average molecular weight is 302 g/mol. The average Bonchev–Trinajstić information content (AvgIpc) is 2.98. The van der Waals surface area contributed by atoms with Crippen LogP contribution in [0.5, 0.6) is 5.75 Å². The normalized spacial score (nSPS) is 22.1. The Labute approximate surface area is 132 Å². The first-order valence-electron chi connectivity index (χ1n) is 8.53. The minimum atomic E-state index is -0.351. The van der Waals surface area contributed by atoms with Gasteiger partial charge in [-0.15, -0.1) is 0 Å². The summed E-state index contributed by atoms with van der Waals surface area (Å²) in [5.74, 6) is 0.903. The Hall–Kier alpha value is -1.55. The number of piperidine rings is 1. The second-order valence-corrected chi connectivity index (χ2v) is 6.40. The largest absolute Gasteiger partial charge is 0.480 e. The van der Waals surface area contributed by atoms with Gasteiger partial charge >= 0.3 is 0 Å². The first-order chi connectivity index (χ1) is 10.8. The molecular formula is C18H26N2O2. The number of likely N-dealkylation sites (tertiary alicyclic amines) is 1. The highest BCUT2D eigenvalue weighted by Gasteiger charge is 2.30. The van der Waals surface area contributed by atoms with E-state index in [4.69, 9.17) is 4.74 Å². The van der Waals surface area contributed by atoms with Crippen LogP contribution in [-0.2, 0) is 11.2 Å². The zero-order valence-electron chi connectivity index (χ0n) is 13.4. The van der Waals surface area contributed by atoms with Crippen molar-refractivity contribution < 1.29 is 9.53 Å². The van der Waals surface area contributed by atoms with Crippen molar-refractivity contribution in [2.45, 2.75) is 51.2 Å². The van der Waals surface area contributed by atoms with Gasteiger partial charge in [-0.2, -0.15) is 0 Å². The second kappa shape index (κ2) is 7.14. The molecule has 2 aliphatic heterocycles. The van der Waals surface area contributed by atoms with Crippen LogP contribution in [0.2, 0.25) is 0 Å². The number of unbranched alkanes of at least 4 members (excludes halogenated alkanes) is 1. The molecular weight excluding hydrogens is 276 g/mol. The van der Waals surface area contributed by atoms with Crippen LogP contribution in [0.15, 0.2) is 24.3 Å². The molecule has 0 bridgehead atoms. The van der Waals surface area contributed by atoms with E-state index in [0.717, 1.165) is 37.2 Å². The van der Waals surface area contributed by atoms with Gasteiger partial charge < -0.3 is 15.0 Å². The van der Waals surface area contributed by atoms with E-state index in [1.807, 2.05) is 24.3 Å². The van der Waals surface area contributed by atoms with E-state index >= 15 is 0 Å². The predicted molar refractivity (Wildman–Crippen MR) is 87.1 cm³/mol. The lowest BCUT2D eigenvalue weighted by molar-refractivity contribution is -0.128. The van der Waals surface area contributed by atoms with Crippen LogP contribution >= 0.6 is 0 Å². The van der Waals surface area contributed by atoms with E-state index < -0.39 is 0 Å². The summed E-state index contributed by atoms with van der Waals surface area (Å²) in [6.45, 7) is 5.61. The number of nitrogens with zero attached hydrogens (tertiary/aromatic N) is 1. The number of carbonyl (C=O) groups excluding carboxylic acids is 1. The zero-order chi connectivity index (χ0) is 15.4. The Morgan fingerprint density at radius 2 is 2.09 bits per heavy atom. The van der Waals surface area contributed by atoms with E-state index in [1.165, 1.54) is 19.4 Å². The van der Waals surface area contributed by atoms with Gasteiger partial charge in [-0.05, 0) is 37.4 Å². The van der Waals surface area contributed by atoms with Gasteiger partial charge in [-0.1, -0.05) is 31.5 Å². The number of nitrogens with one attached hydrogen (secondary N) is 1. The summed E-state index contributed by atoms with van der Waals surface area (Å²) in [7, 11) is 0. The molecule has 1 aromatic rings. The molecule has 1 atom stereocenters. The molecule has 4 heteroatoms. The summed E-state index contributed by atoms with van der Waals surface area (Å²) < 4.78 is 5.76. The topological polar surface area (TPSA) is 41.6 Å². The molecule has 1 aromatic carbocycles. The third kappa shape index (κ3) is 3.61. The van der Waals surface area contributed by atoms with Crippen LogP contribution < -0.4 is 10.1 Å². The van der Waals surface area contributed by atoms with Gasteiger partial charge in [0.05, 0.1) is 0 Å². The van der Waals surface area contributed by atoms with Gasteiger partial charge in [-0.25, -0.2) is 0 Å². The summed E-state index contributed by atoms with van der Waals surface area (Å²) in [6.07, 6.45) is 4.96. The molecule has 4 nitrogen and oxygen atoms in total. The fraction of sp³-hybridized carbons (Fsp3) is 0.611. The number of benzene rings is 1. The molecule has 1 fully saturated rings. The van der Waals surface area contributed by atoms with Crippen molar-refractivity contribution in [1.29, 1.82) is 0 Å². The number of fused-ring (bicyclic) bond motifs is 1. The smallest absolute Gasteiger partial charge is 0.261 e. The number of ether oxygens (including phenoxy) is 1. The number of hydrogen-bond donors (Lipinski definition) is 1. The van der Waals surface area contributed by atoms with Crippen LogP contribution in [0.3, 0.4) is 0 Å². The molecule has 2 heterocycles. The van der Waals surface area contributed by atoms with Crippen LogP contribution in [0.1, 0.15) is 38.2 Å². The molecule has 2 aliphatic rings. The molecule has 0 saturated carbocycles. The highest BCUT2D eigenvalue weighted by atomic mass is 16.5. The van der Waals surface area contributed by atoms with E-state index in [9.17, 15) is 4.79 Å². The first-order valence-corrected chi connectivity index (χ1v) is 8.53. The van der Waals surface area contributed by atoms with Gasteiger partial charge in [0.2, 0.25) is 0 Å². The lowest BCUT2D eigenvalue weighted by Crippen LogP contribution is -2.48. The minimum absolute atomic E-state index is 0.0446. The van der Waals surface area contributed by atoms with Crippen molar-refractivity contribution in [3.05, 3.63) is 29.8 Å². The standard InChI is InChI=1S/C18H26N2O2/c1-2-3-10-20-11-8-15(9-12-20)19-18(21)17-13-14-6-4-5-7-16(14)22-17/h4-7,15,17H,2-3,8-13H2,1H3,(H,19,21). The molecule has 1 saturated heterocycles. The summed E-state index contributed by atoms with van der Waals surface area (Å²) in [6, 6.07) is 8.22. The molecule has 1 unspecified atom stereocenters. The van der Waals surface area contributed by atoms with Crippen LogP contribution in [0.25, 0.3) is 0 Å². The van der Waals surface area contributed by atoms with Gasteiger partial charge in [0.25, 0.3) is 5.91 Å². The van der Waals surface area contributed by atoms with E-state index in [0.29, 0.717) is 12.5 Å². The molecule has 22 heavy (non-hydrogen) atoms. The number of carbonyl (C=O) groups is 1. The van der Waals surface area contributed by atoms with Gasteiger partial charge in [0, 0.05) is 25.6 Å². The molecule has 120 valence electrons. The third-order valence-electron chi connectivity index (χ3n) is 4.70. The lowest BCUT2D eigenvalue weighted by atomic mass is 10.0.